The molecule has 0 aliphatic rings. The van der Waals surface area contributed by atoms with Crippen LogP contribution in [0.4, 0.5) is 22.0 Å². The minimum atomic E-state index is -4.70. The predicted molar refractivity (Wildman–Crippen MR) is 51.6 cm³/mol. The van der Waals surface area contributed by atoms with Gasteiger partial charge in [0.05, 0.1) is 0 Å². The Balaban J connectivity index is 3.36. The molecular formula is C8H5F5IN. The predicted octanol–water partition coefficient (Wildman–Crippen LogP) is 3.95. The van der Waals surface area contributed by atoms with Gasteiger partial charge in [0, 0.05) is 3.57 Å². The molecule has 0 aliphatic heterocycles. The Kier molecular flexibility index (Phi) is 3.51. The molecule has 0 aliphatic carbocycles. The van der Waals surface area contributed by atoms with E-state index < -0.39 is 24.0 Å². The van der Waals surface area contributed by atoms with Crippen LogP contribution in [0.3, 0.4) is 0 Å². The molecule has 0 aromatic carbocycles. The fraction of sp³-hybridized carbons (Fsp3) is 0.375. The molecule has 0 atom stereocenters. The van der Waals surface area contributed by atoms with Crippen molar-refractivity contribution in [1.29, 1.82) is 0 Å². The van der Waals surface area contributed by atoms with Gasteiger partial charge >= 0.3 is 6.18 Å². The SMILES string of the molecule is Cc1c(I)cc(C(F)(F)F)nc1C(F)F. The quantitative estimate of drug-likeness (QED) is 0.559. The molecule has 0 saturated heterocycles. The zero-order valence-electron chi connectivity index (χ0n) is 7.37. The molecule has 0 N–H and O–H groups in total. The Morgan fingerprint density at radius 1 is 1.33 bits per heavy atom. The second-order valence-electron chi connectivity index (χ2n) is 2.80. The Morgan fingerprint density at radius 3 is 2.27 bits per heavy atom. The normalized spacial score (nSPS) is 12.3. The molecule has 1 heterocycles. The van der Waals surface area contributed by atoms with Crippen LogP contribution in [0.2, 0.25) is 0 Å². The minimum absolute atomic E-state index is 0.0820. The highest BCUT2D eigenvalue weighted by Crippen LogP contribution is 2.32. The Hall–Kier alpha value is -0.470. The Bertz CT molecular complexity index is 374. The summed E-state index contributed by atoms with van der Waals surface area (Å²) in [5.74, 6) is 0. The van der Waals surface area contributed by atoms with Crippen molar-refractivity contribution in [2.24, 2.45) is 0 Å². The van der Waals surface area contributed by atoms with Crippen molar-refractivity contribution in [3.8, 4) is 0 Å². The molecule has 0 unspecified atom stereocenters. The number of aromatic nitrogens is 1. The molecule has 0 bridgehead atoms. The number of nitrogens with zero attached hydrogens (tertiary/aromatic N) is 1. The lowest BCUT2D eigenvalue weighted by Gasteiger charge is -2.11. The van der Waals surface area contributed by atoms with Gasteiger partial charge in [0.1, 0.15) is 11.4 Å². The van der Waals surface area contributed by atoms with Gasteiger partial charge in [-0.3, -0.25) is 0 Å². The molecule has 1 aromatic rings. The first-order valence-electron chi connectivity index (χ1n) is 3.76. The number of pyridine rings is 1. The molecule has 84 valence electrons. The molecule has 1 rings (SSSR count). The standard InChI is InChI=1S/C8H5F5IN/c1-3-4(14)2-5(8(11,12)13)15-6(3)7(9)10/h2,7H,1H3. The summed E-state index contributed by atoms with van der Waals surface area (Å²) < 4.78 is 61.5. The first kappa shape index (κ1) is 12.6. The van der Waals surface area contributed by atoms with E-state index in [1.807, 2.05) is 0 Å². The number of hydrogen-bond donors (Lipinski definition) is 0. The fourth-order valence-electron chi connectivity index (χ4n) is 0.954. The second kappa shape index (κ2) is 4.18. The van der Waals surface area contributed by atoms with Gasteiger partial charge < -0.3 is 0 Å². The average Bonchev–Trinajstić information content (AvgIpc) is 2.06. The molecule has 0 radical (unpaired) electrons. The lowest BCUT2D eigenvalue weighted by atomic mass is 10.2. The highest BCUT2D eigenvalue weighted by atomic mass is 127. The molecular weight excluding hydrogens is 332 g/mol. The van der Waals surface area contributed by atoms with Crippen LogP contribution in [0.25, 0.3) is 0 Å². The van der Waals surface area contributed by atoms with Crippen molar-refractivity contribution in [2.75, 3.05) is 0 Å². The number of rotatable bonds is 1. The molecule has 1 aromatic heterocycles. The number of hydrogen-bond acceptors (Lipinski definition) is 1. The van der Waals surface area contributed by atoms with Crippen LogP contribution in [-0.4, -0.2) is 4.98 Å². The monoisotopic (exact) mass is 337 g/mol. The zero-order valence-corrected chi connectivity index (χ0v) is 9.53. The molecule has 0 saturated carbocycles. The van der Waals surface area contributed by atoms with Crippen LogP contribution < -0.4 is 0 Å². The van der Waals surface area contributed by atoms with Crippen molar-refractivity contribution < 1.29 is 22.0 Å². The molecule has 15 heavy (non-hydrogen) atoms. The average molecular weight is 337 g/mol. The maximum absolute atomic E-state index is 12.3. The van der Waals surface area contributed by atoms with Crippen molar-refractivity contribution in [1.82, 2.24) is 4.98 Å². The van der Waals surface area contributed by atoms with Gasteiger partial charge in [-0.1, -0.05) is 0 Å². The summed E-state index contributed by atoms with van der Waals surface area (Å²) in [6.07, 6.45) is -7.70. The van der Waals surface area contributed by atoms with Crippen molar-refractivity contribution in [3.63, 3.8) is 0 Å². The van der Waals surface area contributed by atoms with Gasteiger partial charge in [0.15, 0.2) is 0 Å². The van der Waals surface area contributed by atoms with E-state index in [9.17, 15) is 22.0 Å². The first-order chi connectivity index (χ1) is 6.73. The van der Waals surface area contributed by atoms with Crippen molar-refractivity contribution in [2.45, 2.75) is 19.5 Å². The van der Waals surface area contributed by atoms with E-state index in [0.717, 1.165) is 6.07 Å². The summed E-state index contributed by atoms with van der Waals surface area (Å²) in [6.45, 7) is 1.32. The summed E-state index contributed by atoms with van der Waals surface area (Å²) in [7, 11) is 0. The maximum Gasteiger partial charge on any atom is 0.433 e. The summed E-state index contributed by atoms with van der Waals surface area (Å²) in [6, 6.07) is 0.752. The topological polar surface area (TPSA) is 12.9 Å². The number of alkyl halides is 5. The Morgan fingerprint density at radius 2 is 1.87 bits per heavy atom. The maximum atomic E-state index is 12.3. The van der Waals surface area contributed by atoms with Crippen LogP contribution in [0, 0.1) is 10.5 Å². The Labute approximate surface area is 95.8 Å². The van der Waals surface area contributed by atoms with Gasteiger partial charge in [-0.25, -0.2) is 13.8 Å². The second-order valence-corrected chi connectivity index (χ2v) is 3.96. The third-order valence-electron chi connectivity index (χ3n) is 1.74. The van der Waals surface area contributed by atoms with E-state index >= 15 is 0 Å². The van der Waals surface area contributed by atoms with E-state index in [0.29, 0.717) is 0 Å². The largest absolute Gasteiger partial charge is 0.433 e. The van der Waals surface area contributed by atoms with Crippen LogP contribution >= 0.6 is 22.6 Å². The van der Waals surface area contributed by atoms with E-state index in [1.165, 1.54) is 6.92 Å². The third kappa shape index (κ3) is 2.76. The zero-order chi connectivity index (χ0) is 11.8. The molecule has 0 spiro atoms. The van der Waals surface area contributed by atoms with Crippen LogP contribution in [-0.2, 0) is 6.18 Å². The molecule has 0 fully saturated rings. The van der Waals surface area contributed by atoms with Gasteiger partial charge in [-0.2, -0.15) is 13.2 Å². The van der Waals surface area contributed by atoms with Gasteiger partial charge in [-0.15, -0.1) is 0 Å². The summed E-state index contributed by atoms with van der Waals surface area (Å²) in [4.78, 5) is 2.92. The fourth-order valence-corrected chi connectivity index (χ4v) is 1.53. The van der Waals surface area contributed by atoms with Crippen molar-refractivity contribution in [3.05, 3.63) is 26.6 Å². The first-order valence-corrected chi connectivity index (χ1v) is 4.83. The summed E-state index contributed by atoms with van der Waals surface area (Å²) >= 11 is 1.58. The lowest BCUT2D eigenvalue weighted by Crippen LogP contribution is -2.12. The van der Waals surface area contributed by atoms with Crippen LogP contribution in [0.1, 0.15) is 23.4 Å². The third-order valence-corrected chi connectivity index (χ3v) is 2.86. The van der Waals surface area contributed by atoms with E-state index in [-0.39, 0.29) is 9.13 Å². The summed E-state index contributed by atoms with van der Waals surface area (Å²) in [5.41, 5.74) is -2.01. The smallest absolute Gasteiger partial charge is 0.242 e. The molecule has 7 heteroatoms. The number of halogens is 6. The highest BCUT2D eigenvalue weighted by molar-refractivity contribution is 14.1. The van der Waals surface area contributed by atoms with E-state index in [2.05, 4.69) is 4.98 Å². The lowest BCUT2D eigenvalue weighted by molar-refractivity contribution is -0.141. The summed E-state index contributed by atoms with van der Waals surface area (Å²) in [5, 5.41) is 0. The molecule has 0 amide bonds. The minimum Gasteiger partial charge on any atom is -0.242 e. The van der Waals surface area contributed by atoms with Gasteiger partial charge in [0.25, 0.3) is 6.43 Å². The van der Waals surface area contributed by atoms with E-state index in [1.54, 1.807) is 22.6 Å². The van der Waals surface area contributed by atoms with Crippen LogP contribution in [0.5, 0.6) is 0 Å². The van der Waals surface area contributed by atoms with E-state index in [4.69, 9.17) is 0 Å². The van der Waals surface area contributed by atoms with Gasteiger partial charge in [0.2, 0.25) is 0 Å². The highest BCUT2D eigenvalue weighted by Gasteiger charge is 2.34. The molecule has 1 nitrogen and oxygen atoms in total. The van der Waals surface area contributed by atoms with Crippen molar-refractivity contribution >= 4 is 22.6 Å². The van der Waals surface area contributed by atoms with Gasteiger partial charge in [-0.05, 0) is 41.1 Å². The van der Waals surface area contributed by atoms with Crippen LogP contribution in [0.15, 0.2) is 6.07 Å².